The van der Waals surface area contributed by atoms with Crippen LogP contribution in [0.1, 0.15) is 28.8 Å². The standard InChI is InChI=1S/C19H21N3O2.ClH/c20-16-7-3-14(4-8-16)13-18(23)21-17-9-5-15(6-10-17)19(24)22-11-1-2-12-22;/h3-10H,1-2,11-13,20H2,(H,21,23);1H. The second-order valence-electron chi connectivity index (χ2n) is 6.04. The minimum absolute atomic E-state index is 0. The Labute approximate surface area is 153 Å². The summed E-state index contributed by atoms with van der Waals surface area (Å²) in [6.07, 6.45) is 2.44. The third-order valence-corrected chi connectivity index (χ3v) is 4.15. The Balaban J connectivity index is 0.00000225. The maximum atomic E-state index is 12.3. The predicted molar refractivity (Wildman–Crippen MR) is 102 cm³/mol. The highest BCUT2D eigenvalue weighted by atomic mass is 35.5. The van der Waals surface area contributed by atoms with Crippen LogP contribution in [0.5, 0.6) is 0 Å². The van der Waals surface area contributed by atoms with Gasteiger partial charge in [-0.2, -0.15) is 0 Å². The molecule has 132 valence electrons. The molecule has 0 saturated carbocycles. The number of nitrogens with zero attached hydrogens (tertiary/aromatic N) is 1. The maximum absolute atomic E-state index is 12.3. The number of halogens is 1. The highest BCUT2D eigenvalue weighted by Crippen LogP contribution is 2.16. The second kappa shape index (κ2) is 8.53. The summed E-state index contributed by atoms with van der Waals surface area (Å²) in [6.45, 7) is 1.66. The number of anilines is 2. The molecular weight excluding hydrogens is 338 g/mol. The van der Waals surface area contributed by atoms with Crippen LogP contribution in [0.4, 0.5) is 11.4 Å². The van der Waals surface area contributed by atoms with Crippen molar-refractivity contribution in [1.82, 2.24) is 4.90 Å². The number of likely N-dealkylation sites (tertiary alicyclic amines) is 1. The van der Waals surface area contributed by atoms with Crippen molar-refractivity contribution < 1.29 is 9.59 Å². The summed E-state index contributed by atoms with van der Waals surface area (Å²) in [5.41, 5.74) is 8.57. The topological polar surface area (TPSA) is 75.4 Å². The average Bonchev–Trinajstić information content (AvgIpc) is 3.11. The van der Waals surface area contributed by atoms with Gasteiger partial charge in [-0.3, -0.25) is 9.59 Å². The Hall–Kier alpha value is -2.53. The fraction of sp³-hybridized carbons (Fsp3) is 0.263. The zero-order chi connectivity index (χ0) is 16.9. The molecule has 1 heterocycles. The lowest BCUT2D eigenvalue weighted by atomic mass is 10.1. The number of rotatable bonds is 4. The number of amides is 2. The quantitative estimate of drug-likeness (QED) is 0.823. The first-order chi connectivity index (χ1) is 11.6. The molecule has 0 radical (unpaired) electrons. The van der Waals surface area contributed by atoms with E-state index in [0.717, 1.165) is 31.5 Å². The molecule has 6 heteroatoms. The molecule has 0 bridgehead atoms. The first-order valence-corrected chi connectivity index (χ1v) is 8.15. The SMILES string of the molecule is Cl.Nc1ccc(CC(=O)Nc2ccc(C(=O)N3CCCC3)cc2)cc1. The highest BCUT2D eigenvalue weighted by Gasteiger charge is 2.19. The van der Waals surface area contributed by atoms with Crippen molar-refractivity contribution in [2.45, 2.75) is 19.3 Å². The van der Waals surface area contributed by atoms with Gasteiger partial charge in [-0.15, -0.1) is 12.4 Å². The van der Waals surface area contributed by atoms with Gasteiger partial charge >= 0.3 is 0 Å². The van der Waals surface area contributed by atoms with Crippen molar-refractivity contribution in [3.05, 3.63) is 59.7 Å². The summed E-state index contributed by atoms with van der Waals surface area (Å²) in [7, 11) is 0. The Morgan fingerprint density at radius 1 is 0.960 bits per heavy atom. The van der Waals surface area contributed by atoms with Gasteiger partial charge in [-0.05, 0) is 54.8 Å². The van der Waals surface area contributed by atoms with E-state index < -0.39 is 0 Å². The fourth-order valence-electron chi connectivity index (χ4n) is 2.82. The van der Waals surface area contributed by atoms with Crippen molar-refractivity contribution in [2.75, 3.05) is 24.1 Å². The van der Waals surface area contributed by atoms with Crippen LogP contribution in [-0.4, -0.2) is 29.8 Å². The van der Waals surface area contributed by atoms with Gasteiger partial charge < -0.3 is 16.0 Å². The smallest absolute Gasteiger partial charge is 0.253 e. The third-order valence-electron chi connectivity index (χ3n) is 4.15. The lowest BCUT2D eigenvalue weighted by Crippen LogP contribution is -2.27. The lowest BCUT2D eigenvalue weighted by Gasteiger charge is -2.15. The largest absolute Gasteiger partial charge is 0.399 e. The van der Waals surface area contributed by atoms with Gasteiger partial charge in [0.1, 0.15) is 0 Å². The molecule has 1 fully saturated rings. The molecule has 1 saturated heterocycles. The number of hydrogen-bond acceptors (Lipinski definition) is 3. The van der Waals surface area contributed by atoms with Crippen molar-refractivity contribution in [3.63, 3.8) is 0 Å². The van der Waals surface area contributed by atoms with Crippen LogP contribution in [0.3, 0.4) is 0 Å². The van der Waals surface area contributed by atoms with Gasteiger partial charge in [0.15, 0.2) is 0 Å². The molecule has 3 rings (SSSR count). The summed E-state index contributed by atoms with van der Waals surface area (Å²) >= 11 is 0. The van der Waals surface area contributed by atoms with Gasteiger partial charge in [0, 0.05) is 30.0 Å². The van der Waals surface area contributed by atoms with Crippen LogP contribution in [-0.2, 0) is 11.2 Å². The van der Waals surface area contributed by atoms with Gasteiger partial charge in [-0.25, -0.2) is 0 Å². The molecule has 3 N–H and O–H groups in total. The van der Waals surface area contributed by atoms with E-state index in [9.17, 15) is 9.59 Å². The second-order valence-corrected chi connectivity index (χ2v) is 6.04. The molecule has 0 aromatic heterocycles. The summed E-state index contributed by atoms with van der Waals surface area (Å²) in [5.74, 6) is -0.0364. The molecule has 5 nitrogen and oxygen atoms in total. The van der Waals surface area contributed by atoms with Crippen molar-refractivity contribution in [2.24, 2.45) is 0 Å². The van der Waals surface area contributed by atoms with E-state index in [0.29, 0.717) is 16.9 Å². The first kappa shape index (κ1) is 18.8. The number of nitrogens with one attached hydrogen (secondary N) is 1. The monoisotopic (exact) mass is 359 g/mol. The Kier molecular flexibility index (Phi) is 6.42. The number of benzene rings is 2. The van der Waals surface area contributed by atoms with Crippen molar-refractivity contribution >= 4 is 35.6 Å². The zero-order valence-corrected chi connectivity index (χ0v) is 14.7. The molecular formula is C19H22ClN3O2. The summed E-state index contributed by atoms with van der Waals surface area (Å²) in [5, 5.41) is 2.85. The molecule has 25 heavy (non-hydrogen) atoms. The summed E-state index contributed by atoms with van der Waals surface area (Å²) < 4.78 is 0. The Bertz CT molecular complexity index is 723. The van der Waals surface area contributed by atoms with Crippen LogP contribution in [0.2, 0.25) is 0 Å². The minimum atomic E-state index is -0.0987. The van der Waals surface area contributed by atoms with E-state index in [1.165, 1.54) is 0 Å². The number of carbonyl (C=O) groups is 2. The van der Waals surface area contributed by atoms with E-state index in [4.69, 9.17) is 5.73 Å². The Morgan fingerprint density at radius 2 is 1.56 bits per heavy atom. The van der Waals surface area contributed by atoms with Crippen LogP contribution in [0.25, 0.3) is 0 Å². The average molecular weight is 360 g/mol. The molecule has 2 aromatic carbocycles. The van der Waals surface area contributed by atoms with E-state index >= 15 is 0 Å². The van der Waals surface area contributed by atoms with E-state index in [1.807, 2.05) is 17.0 Å². The van der Waals surface area contributed by atoms with Crippen LogP contribution in [0.15, 0.2) is 48.5 Å². The third kappa shape index (κ3) is 4.97. The molecule has 1 aliphatic rings. The fourth-order valence-corrected chi connectivity index (χ4v) is 2.82. The van der Waals surface area contributed by atoms with Gasteiger partial charge in [0.25, 0.3) is 5.91 Å². The summed E-state index contributed by atoms with van der Waals surface area (Å²) in [6, 6.07) is 14.3. The Morgan fingerprint density at radius 3 is 2.16 bits per heavy atom. The molecule has 1 aliphatic heterocycles. The maximum Gasteiger partial charge on any atom is 0.253 e. The first-order valence-electron chi connectivity index (χ1n) is 8.15. The van der Waals surface area contributed by atoms with Crippen molar-refractivity contribution in [1.29, 1.82) is 0 Å². The minimum Gasteiger partial charge on any atom is -0.399 e. The van der Waals surface area contributed by atoms with E-state index in [-0.39, 0.29) is 30.6 Å². The lowest BCUT2D eigenvalue weighted by molar-refractivity contribution is -0.115. The number of nitrogens with two attached hydrogens (primary N) is 1. The summed E-state index contributed by atoms with van der Waals surface area (Å²) in [4.78, 5) is 26.2. The molecule has 2 aromatic rings. The molecule has 0 aliphatic carbocycles. The van der Waals surface area contributed by atoms with Crippen LogP contribution in [0, 0.1) is 0 Å². The van der Waals surface area contributed by atoms with Gasteiger partial charge in [0.05, 0.1) is 6.42 Å². The predicted octanol–water partition coefficient (Wildman–Crippen LogP) is 3.11. The number of nitrogen functional groups attached to an aromatic ring is 1. The number of hydrogen-bond donors (Lipinski definition) is 2. The molecule has 0 unspecified atom stereocenters. The van der Waals surface area contributed by atoms with E-state index in [2.05, 4.69) is 5.32 Å². The zero-order valence-electron chi connectivity index (χ0n) is 13.9. The molecule has 0 atom stereocenters. The van der Waals surface area contributed by atoms with E-state index in [1.54, 1.807) is 36.4 Å². The van der Waals surface area contributed by atoms with Gasteiger partial charge in [-0.1, -0.05) is 12.1 Å². The molecule has 0 spiro atoms. The normalized spacial score (nSPS) is 13.2. The molecule has 2 amide bonds. The van der Waals surface area contributed by atoms with Crippen LogP contribution >= 0.6 is 12.4 Å². The number of carbonyl (C=O) groups excluding carboxylic acids is 2. The highest BCUT2D eigenvalue weighted by molar-refractivity contribution is 5.96. The van der Waals surface area contributed by atoms with Crippen molar-refractivity contribution in [3.8, 4) is 0 Å². The van der Waals surface area contributed by atoms with Gasteiger partial charge in [0.2, 0.25) is 5.91 Å². The van der Waals surface area contributed by atoms with Crippen LogP contribution < -0.4 is 11.1 Å².